The van der Waals surface area contributed by atoms with Crippen LogP contribution in [0.5, 0.6) is 0 Å². The molecule has 0 heterocycles. The Balaban J connectivity index is 3.42. The molecule has 0 aliphatic carbocycles. The summed E-state index contributed by atoms with van der Waals surface area (Å²) >= 11 is 0. The maximum atomic E-state index is 11.9. The van der Waals surface area contributed by atoms with Gasteiger partial charge in [-0.05, 0) is 45.4 Å². The van der Waals surface area contributed by atoms with E-state index in [9.17, 15) is 9.46 Å². The number of hydrogen-bond acceptors (Lipinski definition) is 4. The number of quaternary nitrogens is 1. The zero-order valence-corrected chi connectivity index (χ0v) is 25.5. The molecule has 0 aliphatic rings. The Morgan fingerprint density at radius 3 is 1.53 bits per heavy atom. The number of phosphoric acid groups is 1. The van der Waals surface area contributed by atoms with Gasteiger partial charge in [-0.25, -0.2) is 0 Å². The Morgan fingerprint density at radius 2 is 1.06 bits per heavy atom. The van der Waals surface area contributed by atoms with E-state index in [4.69, 9.17) is 9.05 Å². The van der Waals surface area contributed by atoms with Crippen molar-refractivity contribution in [2.75, 3.05) is 39.9 Å². The predicted molar refractivity (Wildman–Crippen MR) is 154 cm³/mol. The minimum absolute atomic E-state index is 0.196. The molecule has 0 saturated heterocycles. The van der Waals surface area contributed by atoms with Crippen LogP contribution >= 0.6 is 7.82 Å². The summed E-state index contributed by atoms with van der Waals surface area (Å²) in [6.07, 6.45) is 28.8. The summed E-state index contributed by atoms with van der Waals surface area (Å²) in [6, 6.07) is 0. The smallest absolute Gasteiger partial charge is 0.268 e. The van der Waals surface area contributed by atoms with Crippen LogP contribution in [0.2, 0.25) is 0 Å². The van der Waals surface area contributed by atoms with E-state index in [0.29, 0.717) is 6.54 Å². The molecule has 2 unspecified atom stereocenters. The lowest BCUT2D eigenvalue weighted by molar-refractivity contribution is -0.908. The second kappa shape index (κ2) is 25.1. The number of rotatable bonds is 28. The molecule has 0 aliphatic heterocycles. The molecule has 6 heteroatoms. The van der Waals surface area contributed by atoms with E-state index in [1.165, 1.54) is 96.3 Å². The van der Waals surface area contributed by atoms with Crippen molar-refractivity contribution in [3.05, 3.63) is 12.2 Å². The van der Waals surface area contributed by atoms with Crippen LogP contribution in [0.3, 0.4) is 0 Å². The van der Waals surface area contributed by atoms with Crippen molar-refractivity contribution in [3.8, 4) is 0 Å². The van der Waals surface area contributed by atoms with Gasteiger partial charge in [-0.2, -0.15) is 0 Å². The first-order valence-corrected chi connectivity index (χ1v) is 16.9. The van der Waals surface area contributed by atoms with Crippen LogP contribution in [-0.4, -0.2) is 44.4 Å². The predicted octanol–water partition coefficient (Wildman–Crippen LogP) is 8.96. The van der Waals surface area contributed by atoms with E-state index in [-0.39, 0.29) is 13.2 Å². The van der Waals surface area contributed by atoms with E-state index < -0.39 is 7.82 Å². The maximum Gasteiger partial charge on any atom is 0.268 e. The zero-order valence-electron chi connectivity index (χ0n) is 24.7. The van der Waals surface area contributed by atoms with Gasteiger partial charge in [-0.1, -0.05) is 109 Å². The number of likely N-dealkylation sites (N-methyl/N-ethyl adjacent to an activating group) is 1. The highest BCUT2D eigenvalue weighted by molar-refractivity contribution is 7.45. The molecule has 0 rings (SSSR count). The first-order valence-electron chi connectivity index (χ1n) is 15.5. The SMILES string of the molecule is CCCCCCCC/C=C\CCCCCCCCCCCCOP(=O)([O-])OCC[N+](C)(CC)CCC. The lowest BCUT2D eigenvalue weighted by Gasteiger charge is -2.34. The molecule has 0 amide bonds. The van der Waals surface area contributed by atoms with Crippen molar-refractivity contribution < 1.29 is 23.0 Å². The minimum atomic E-state index is -4.17. The minimum Gasteiger partial charge on any atom is -0.756 e. The fraction of sp³-hybridized carbons (Fsp3) is 0.933. The van der Waals surface area contributed by atoms with Gasteiger partial charge < -0.3 is 18.4 Å². The molecular formula is C30H62NO4P. The number of hydrogen-bond donors (Lipinski definition) is 0. The highest BCUT2D eigenvalue weighted by Gasteiger charge is 2.19. The van der Waals surface area contributed by atoms with Crippen LogP contribution in [0, 0.1) is 0 Å². The van der Waals surface area contributed by atoms with Gasteiger partial charge in [0.2, 0.25) is 0 Å². The zero-order chi connectivity index (χ0) is 26.8. The fourth-order valence-corrected chi connectivity index (χ4v) is 5.34. The van der Waals surface area contributed by atoms with Crippen molar-refractivity contribution in [1.82, 2.24) is 0 Å². The standard InChI is InChI=1S/C30H62NO4P/c1-5-8-9-10-11-12-13-14-15-16-17-18-19-20-21-22-23-24-25-26-29-34-36(32,33)35-30-28-31(4,7-3)27-6-2/h14-15H,5-13,16-30H2,1-4H3/b15-14-. The van der Waals surface area contributed by atoms with Crippen LogP contribution in [-0.2, 0) is 13.6 Å². The Morgan fingerprint density at radius 1 is 0.611 bits per heavy atom. The van der Waals surface area contributed by atoms with Gasteiger partial charge >= 0.3 is 0 Å². The largest absolute Gasteiger partial charge is 0.756 e. The Bertz CT molecular complexity index is 543. The molecule has 216 valence electrons. The molecule has 5 nitrogen and oxygen atoms in total. The van der Waals surface area contributed by atoms with Gasteiger partial charge in [0.25, 0.3) is 7.82 Å². The lowest BCUT2D eigenvalue weighted by Crippen LogP contribution is -2.46. The molecule has 0 aromatic carbocycles. The van der Waals surface area contributed by atoms with Gasteiger partial charge in [0.05, 0.1) is 26.7 Å². The first-order chi connectivity index (χ1) is 17.4. The number of allylic oxidation sites excluding steroid dienone is 2. The molecule has 0 fully saturated rings. The third kappa shape index (κ3) is 24.2. The molecule has 0 aromatic heterocycles. The van der Waals surface area contributed by atoms with Crippen LogP contribution < -0.4 is 4.89 Å². The first kappa shape index (κ1) is 35.8. The molecule has 0 saturated carbocycles. The van der Waals surface area contributed by atoms with E-state index in [1.54, 1.807) is 0 Å². The van der Waals surface area contributed by atoms with Gasteiger partial charge in [0, 0.05) is 0 Å². The Labute approximate surface area is 225 Å². The normalized spacial score (nSPS) is 15.4. The van der Waals surface area contributed by atoms with E-state index >= 15 is 0 Å². The average molecular weight is 532 g/mol. The summed E-state index contributed by atoms with van der Waals surface area (Å²) < 4.78 is 22.9. The van der Waals surface area contributed by atoms with Gasteiger partial charge in [0.1, 0.15) is 13.2 Å². The summed E-state index contributed by atoms with van der Waals surface area (Å²) in [5.41, 5.74) is 0. The average Bonchev–Trinajstić information content (AvgIpc) is 2.85. The number of unbranched alkanes of at least 4 members (excludes halogenated alkanes) is 16. The molecule has 2 atom stereocenters. The quantitative estimate of drug-likeness (QED) is 0.0437. The van der Waals surface area contributed by atoms with Crippen LogP contribution in [0.1, 0.15) is 143 Å². The summed E-state index contributed by atoms with van der Waals surface area (Å²) in [7, 11) is -2.03. The molecule has 0 spiro atoms. The second-order valence-corrected chi connectivity index (χ2v) is 12.3. The molecular weight excluding hydrogens is 469 g/mol. The monoisotopic (exact) mass is 531 g/mol. The van der Waals surface area contributed by atoms with Gasteiger partial charge in [-0.15, -0.1) is 0 Å². The molecule has 0 bridgehead atoms. The Hall–Kier alpha value is -0.190. The highest BCUT2D eigenvalue weighted by atomic mass is 31.2. The van der Waals surface area contributed by atoms with Crippen LogP contribution in [0.25, 0.3) is 0 Å². The molecule has 0 aromatic rings. The summed E-state index contributed by atoms with van der Waals surface area (Å²) in [5, 5.41) is 0. The van der Waals surface area contributed by atoms with E-state index in [2.05, 4.69) is 40.0 Å². The van der Waals surface area contributed by atoms with Crippen molar-refractivity contribution in [2.24, 2.45) is 0 Å². The van der Waals surface area contributed by atoms with Crippen LogP contribution in [0.15, 0.2) is 12.2 Å². The van der Waals surface area contributed by atoms with Crippen molar-refractivity contribution >= 4 is 7.82 Å². The second-order valence-electron chi connectivity index (χ2n) is 10.8. The third-order valence-corrected chi connectivity index (χ3v) is 8.31. The summed E-state index contributed by atoms with van der Waals surface area (Å²) in [4.78, 5) is 11.9. The maximum absolute atomic E-state index is 11.9. The Kier molecular flexibility index (Phi) is 25.0. The van der Waals surface area contributed by atoms with E-state index in [0.717, 1.165) is 43.3 Å². The van der Waals surface area contributed by atoms with Gasteiger partial charge in [-0.3, -0.25) is 4.57 Å². The summed E-state index contributed by atoms with van der Waals surface area (Å²) in [6.45, 7) is 9.67. The van der Waals surface area contributed by atoms with Crippen LogP contribution in [0.4, 0.5) is 0 Å². The van der Waals surface area contributed by atoms with Crippen molar-refractivity contribution in [3.63, 3.8) is 0 Å². The molecule has 36 heavy (non-hydrogen) atoms. The number of phosphoric ester groups is 1. The number of nitrogens with zero attached hydrogens (tertiary/aromatic N) is 1. The van der Waals surface area contributed by atoms with E-state index in [1.807, 2.05) is 0 Å². The van der Waals surface area contributed by atoms with Crippen molar-refractivity contribution in [2.45, 2.75) is 143 Å². The highest BCUT2D eigenvalue weighted by Crippen LogP contribution is 2.38. The fourth-order valence-electron chi connectivity index (χ4n) is 4.61. The van der Waals surface area contributed by atoms with Crippen molar-refractivity contribution in [1.29, 1.82) is 0 Å². The molecule has 0 radical (unpaired) electrons. The summed E-state index contributed by atoms with van der Waals surface area (Å²) in [5.74, 6) is 0. The molecule has 0 N–H and O–H groups in total. The van der Waals surface area contributed by atoms with Gasteiger partial charge in [0.15, 0.2) is 0 Å². The third-order valence-electron chi connectivity index (χ3n) is 7.31. The topological polar surface area (TPSA) is 58.6 Å². The lowest BCUT2D eigenvalue weighted by atomic mass is 10.1.